The first-order valence-corrected chi connectivity index (χ1v) is 10.7. The largest absolute Gasteiger partial charge is 0.465 e. The molecule has 0 fully saturated rings. The van der Waals surface area contributed by atoms with Gasteiger partial charge >= 0.3 is 5.97 Å². The van der Waals surface area contributed by atoms with Crippen LogP contribution in [0.1, 0.15) is 40.0 Å². The zero-order chi connectivity index (χ0) is 21.4. The highest BCUT2D eigenvalue weighted by molar-refractivity contribution is 7.18. The van der Waals surface area contributed by atoms with Crippen LogP contribution in [0.3, 0.4) is 0 Å². The minimum atomic E-state index is -0.540. The van der Waals surface area contributed by atoms with Crippen molar-refractivity contribution in [2.75, 3.05) is 12.4 Å². The second-order valence-electron chi connectivity index (χ2n) is 7.67. The van der Waals surface area contributed by atoms with Crippen LogP contribution in [-0.2, 0) is 28.9 Å². The van der Waals surface area contributed by atoms with Gasteiger partial charge in [0.05, 0.1) is 23.7 Å². The van der Waals surface area contributed by atoms with Crippen LogP contribution in [0.2, 0.25) is 0 Å². The van der Waals surface area contributed by atoms with Crippen molar-refractivity contribution in [3.8, 4) is 0 Å². The number of rotatable bonds is 4. The fourth-order valence-corrected chi connectivity index (χ4v) is 5.34. The number of benzene rings is 1. The Hall–Kier alpha value is -3.00. The van der Waals surface area contributed by atoms with Crippen LogP contribution in [0.25, 0.3) is 10.2 Å². The number of anilines is 1. The first kappa shape index (κ1) is 20.3. The predicted octanol–water partition coefficient (Wildman–Crippen LogP) is 3.32. The number of methoxy groups -OCH3 is 1. The minimum absolute atomic E-state index is 0.176. The van der Waals surface area contributed by atoms with Crippen molar-refractivity contribution in [1.29, 1.82) is 0 Å². The summed E-state index contributed by atoms with van der Waals surface area (Å²) in [4.78, 5) is 44.5. The van der Waals surface area contributed by atoms with E-state index in [9.17, 15) is 14.4 Å². The molecule has 1 amide bonds. The maximum absolute atomic E-state index is 13.2. The van der Waals surface area contributed by atoms with Gasteiger partial charge in [-0.05, 0) is 49.8 Å². The second-order valence-corrected chi connectivity index (χ2v) is 8.75. The Labute approximate surface area is 177 Å². The molecule has 2 aromatic heterocycles. The van der Waals surface area contributed by atoms with Gasteiger partial charge in [-0.1, -0.05) is 19.1 Å². The molecule has 0 saturated carbocycles. The number of esters is 1. The normalized spacial score (nSPS) is 15.6. The molecule has 1 atom stereocenters. The number of carbonyl (C=O) groups excluding carboxylic acids is 2. The van der Waals surface area contributed by atoms with E-state index in [0.717, 1.165) is 29.7 Å². The van der Waals surface area contributed by atoms with Crippen LogP contribution in [0.15, 0.2) is 29.1 Å². The number of ether oxygens (including phenoxy) is 1. The summed E-state index contributed by atoms with van der Waals surface area (Å²) in [5.41, 5.74) is 1.51. The summed E-state index contributed by atoms with van der Waals surface area (Å²) in [7, 11) is 1.28. The van der Waals surface area contributed by atoms with E-state index in [1.165, 1.54) is 16.6 Å². The third kappa shape index (κ3) is 3.63. The maximum atomic E-state index is 13.2. The van der Waals surface area contributed by atoms with Gasteiger partial charge in [0.15, 0.2) is 0 Å². The van der Waals surface area contributed by atoms with E-state index in [-0.39, 0.29) is 17.7 Å². The van der Waals surface area contributed by atoms with Crippen LogP contribution in [0.4, 0.5) is 5.69 Å². The van der Waals surface area contributed by atoms with Crippen molar-refractivity contribution >= 4 is 39.1 Å². The molecule has 2 heterocycles. The molecule has 1 N–H and O–H groups in total. The van der Waals surface area contributed by atoms with E-state index in [1.807, 2.05) is 0 Å². The van der Waals surface area contributed by atoms with Crippen LogP contribution in [-0.4, -0.2) is 28.5 Å². The van der Waals surface area contributed by atoms with Crippen molar-refractivity contribution in [2.45, 2.75) is 39.7 Å². The zero-order valence-corrected chi connectivity index (χ0v) is 18.0. The second kappa shape index (κ2) is 8.02. The van der Waals surface area contributed by atoms with Crippen LogP contribution >= 0.6 is 11.3 Å². The number of carbonyl (C=O) groups is 2. The molecular formula is C22H23N3O4S. The average Bonchev–Trinajstić information content (AvgIpc) is 3.08. The van der Waals surface area contributed by atoms with E-state index in [1.54, 1.807) is 42.5 Å². The minimum Gasteiger partial charge on any atom is -0.465 e. The number of nitrogens with one attached hydrogen (secondary N) is 1. The molecule has 0 spiro atoms. The summed E-state index contributed by atoms with van der Waals surface area (Å²) >= 11 is 1.59. The number of thiophene rings is 1. The smallest absolute Gasteiger partial charge is 0.339 e. The highest BCUT2D eigenvalue weighted by Gasteiger charge is 2.24. The van der Waals surface area contributed by atoms with Gasteiger partial charge in [-0.2, -0.15) is 0 Å². The van der Waals surface area contributed by atoms with Crippen molar-refractivity contribution in [3.05, 3.63) is 56.4 Å². The number of aryl methyl sites for hydroxylation is 2. The highest BCUT2D eigenvalue weighted by atomic mass is 32.1. The fourth-order valence-electron chi connectivity index (χ4n) is 3.92. The molecule has 7 nitrogen and oxygen atoms in total. The van der Waals surface area contributed by atoms with E-state index in [2.05, 4.69) is 17.2 Å². The molecule has 30 heavy (non-hydrogen) atoms. The Kier molecular flexibility index (Phi) is 5.42. The van der Waals surface area contributed by atoms with Crippen molar-refractivity contribution in [1.82, 2.24) is 9.55 Å². The standard InChI is InChI=1S/C22H23N3O4S/c1-12-8-9-15-17(10-12)30-20-19(15)21(27)25(13(2)23-20)11-18(26)24-16-7-5-4-6-14(16)22(28)29-3/h4-7,12H,8-11H2,1-3H3,(H,24,26). The van der Waals surface area contributed by atoms with Crippen molar-refractivity contribution in [3.63, 3.8) is 0 Å². The van der Waals surface area contributed by atoms with Gasteiger partial charge in [-0.25, -0.2) is 9.78 Å². The first-order chi connectivity index (χ1) is 14.4. The molecule has 0 bridgehead atoms. The lowest BCUT2D eigenvalue weighted by Crippen LogP contribution is -2.30. The molecule has 8 heteroatoms. The summed E-state index contributed by atoms with van der Waals surface area (Å²) in [5, 5.41) is 3.36. The van der Waals surface area contributed by atoms with Gasteiger partial charge in [-0.15, -0.1) is 11.3 Å². The summed E-state index contributed by atoms with van der Waals surface area (Å²) in [5.74, 6) is 0.155. The molecule has 0 aliphatic heterocycles. The van der Waals surface area contributed by atoms with E-state index in [0.29, 0.717) is 22.8 Å². The fraction of sp³-hybridized carbons (Fsp3) is 0.364. The van der Waals surface area contributed by atoms with Crippen molar-refractivity contribution in [2.24, 2.45) is 5.92 Å². The number of fused-ring (bicyclic) bond motifs is 3. The average molecular weight is 426 g/mol. The maximum Gasteiger partial charge on any atom is 0.339 e. The molecule has 1 aromatic carbocycles. The molecule has 0 radical (unpaired) electrons. The molecule has 156 valence electrons. The molecule has 1 unspecified atom stereocenters. The lowest BCUT2D eigenvalue weighted by Gasteiger charge is -2.17. The van der Waals surface area contributed by atoms with Gasteiger partial charge < -0.3 is 10.1 Å². The number of hydrogen-bond acceptors (Lipinski definition) is 6. The topological polar surface area (TPSA) is 90.3 Å². The Morgan fingerprint density at radius 3 is 2.87 bits per heavy atom. The van der Waals surface area contributed by atoms with Gasteiger partial charge in [-0.3, -0.25) is 14.2 Å². The number of amides is 1. The highest BCUT2D eigenvalue weighted by Crippen LogP contribution is 2.35. The molecule has 0 saturated heterocycles. The van der Waals surface area contributed by atoms with Gasteiger partial charge in [0.1, 0.15) is 17.2 Å². The van der Waals surface area contributed by atoms with Gasteiger partial charge in [0.2, 0.25) is 5.91 Å². The summed E-state index contributed by atoms with van der Waals surface area (Å²) in [6.07, 6.45) is 2.89. The number of nitrogens with zero attached hydrogens (tertiary/aromatic N) is 2. The number of hydrogen-bond donors (Lipinski definition) is 1. The van der Waals surface area contributed by atoms with Crippen molar-refractivity contribution < 1.29 is 14.3 Å². The lowest BCUT2D eigenvalue weighted by atomic mass is 9.89. The summed E-state index contributed by atoms with van der Waals surface area (Å²) < 4.78 is 6.17. The van der Waals surface area contributed by atoms with Crippen LogP contribution in [0, 0.1) is 12.8 Å². The lowest BCUT2D eigenvalue weighted by molar-refractivity contribution is -0.116. The van der Waals surface area contributed by atoms with Gasteiger partial charge in [0.25, 0.3) is 5.56 Å². The molecule has 3 aromatic rings. The molecule has 4 rings (SSSR count). The third-order valence-corrected chi connectivity index (χ3v) is 6.66. The Morgan fingerprint density at radius 1 is 1.33 bits per heavy atom. The van der Waals surface area contributed by atoms with E-state index >= 15 is 0 Å². The first-order valence-electron chi connectivity index (χ1n) is 9.88. The summed E-state index contributed by atoms with van der Waals surface area (Å²) in [6.45, 7) is 3.78. The van der Waals surface area contributed by atoms with E-state index < -0.39 is 11.9 Å². The molecular weight excluding hydrogens is 402 g/mol. The zero-order valence-electron chi connectivity index (χ0n) is 17.2. The number of para-hydroxylation sites is 1. The monoisotopic (exact) mass is 425 g/mol. The predicted molar refractivity (Wildman–Crippen MR) is 116 cm³/mol. The van der Waals surface area contributed by atoms with Gasteiger partial charge in [0, 0.05) is 4.88 Å². The SMILES string of the molecule is COC(=O)c1ccccc1NC(=O)Cn1c(C)nc2sc3c(c2c1=O)CCC(C)C3. The van der Waals surface area contributed by atoms with E-state index in [4.69, 9.17) is 4.74 Å². The van der Waals surface area contributed by atoms with Crippen LogP contribution in [0.5, 0.6) is 0 Å². The van der Waals surface area contributed by atoms with Crippen LogP contribution < -0.4 is 10.9 Å². The Balaban J connectivity index is 1.66. The Morgan fingerprint density at radius 2 is 2.10 bits per heavy atom. The third-order valence-electron chi connectivity index (χ3n) is 5.51. The summed E-state index contributed by atoms with van der Waals surface area (Å²) in [6, 6.07) is 6.60. The number of aromatic nitrogens is 2. The molecule has 1 aliphatic rings. The quantitative estimate of drug-likeness (QED) is 0.648. The molecule has 1 aliphatic carbocycles. The Bertz CT molecular complexity index is 1210.